The van der Waals surface area contributed by atoms with Gasteiger partial charge in [-0.25, -0.2) is 14.0 Å². The Morgan fingerprint density at radius 2 is 2.14 bits per heavy atom. The molecule has 1 unspecified atom stereocenters. The molecule has 2 rings (SSSR count). The molecule has 5 nitrogen and oxygen atoms in total. The molecule has 0 bridgehead atoms. The Balaban J connectivity index is 2.24. The van der Waals surface area contributed by atoms with Crippen LogP contribution in [0.15, 0.2) is 35.1 Å². The van der Waals surface area contributed by atoms with Crippen molar-refractivity contribution >= 4 is 35.3 Å². The van der Waals surface area contributed by atoms with Crippen LogP contribution >= 0.6 is 23.4 Å². The molecular formula is C14H13ClFNO4S. The van der Waals surface area contributed by atoms with Crippen LogP contribution in [0.4, 0.5) is 4.39 Å². The first-order chi connectivity index (χ1) is 10.4. The first kappa shape index (κ1) is 16.6. The van der Waals surface area contributed by atoms with Gasteiger partial charge in [-0.15, -0.1) is 11.6 Å². The topological polar surface area (TPSA) is 78.6 Å². The first-order valence-corrected chi connectivity index (χ1v) is 7.42. The second-order valence-electron chi connectivity index (χ2n) is 4.47. The number of methoxy groups -OCH3 is 1. The minimum absolute atomic E-state index is 0.00673. The Hall–Kier alpha value is -1.73. The van der Waals surface area contributed by atoms with E-state index in [1.807, 2.05) is 0 Å². The van der Waals surface area contributed by atoms with Crippen LogP contribution in [0, 0.1) is 0 Å². The first-order valence-electron chi connectivity index (χ1n) is 6.23. The molecule has 1 heterocycles. The van der Waals surface area contributed by atoms with Crippen molar-refractivity contribution < 1.29 is 23.5 Å². The fraction of sp³-hybridized carbons (Fsp3) is 0.286. The average Bonchev–Trinajstić information content (AvgIpc) is 2.78. The summed E-state index contributed by atoms with van der Waals surface area (Å²) in [5.74, 6) is -1.94. The Morgan fingerprint density at radius 3 is 2.73 bits per heavy atom. The quantitative estimate of drug-likeness (QED) is 0.667. The largest absolute Gasteiger partial charge is 0.466 e. The number of rotatable bonds is 4. The fourth-order valence-electron chi connectivity index (χ4n) is 1.95. The molecule has 1 aliphatic heterocycles. The van der Waals surface area contributed by atoms with Crippen LogP contribution in [0.25, 0.3) is 0 Å². The minimum Gasteiger partial charge on any atom is -0.466 e. The van der Waals surface area contributed by atoms with Crippen molar-refractivity contribution in [2.75, 3.05) is 13.7 Å². The summed E-state index contributed by atoms with van der Waals surface area (Å²) in [6.45, 7) is -0.513. The van der Waals surface area contributed by atoms with Crippen molar-refractivity contribution in [3.05, 3.63) is 46.2 Å². The van der Waals surface area contributed by atoms with Gasteiger partial charge in [-0.05, 0) is 11.6 Å². The predicted octanol–water partition coefficient (Wildman–Crippen LogP) is 2.64. The Kier molecular flexibility index (Phi) is 4.97. The average molecular weight is 346 g/mol. The molecule has 0 saturated carbocycles. The molecule has 22 heavy (non-hydrogen) atoms. The van der Waals surface area contributed by atoms with Crippen LogP contribution in [0.5, 0.6) is 0 Å². The molecule has 1 aliphatic rings. The number of benzene rings is 1. The maximum absolute atomic E-state index is 13.6. The summed E-state index contributed by atoms with van der Waals surface area (Å²) in [7, 11) is 1.18. The molecule has 1 aromatic carbocycles. The third-order valence-electron chi connectivity index (χ3n) is 3.02. The second kappa shape index (κ2) is 6.58. The number of alkyl halides is 1. The highest BCUT2D eigenvalue weighted by Gasteiger charge is 2.42. The number of esters is 2. The third kappa shape index (κ3) is 3.36. The number of halogens is 2. The normalized spacial score (nSPS) is 20.9. The number of thioether (sulfide) groups is 1. The van der Waals surface area contributed by atoms with Gasteiger partial charge in [-0.1, -0.05) is 30.0 Å². The van der Waals surface area contributed by atoms with Crippen molar-refractivity contribution in [1.82, 2.24) is 0 Å². The van der Waals surface area contributed by atoms with Gasteiger partial charge in [0.25, 0.3) is 0 Å². The van der Waals surface area contributed by atoms with Crippen LogP contribution in [0.3, 0.4) is 0 Å². The SMILES string of the molecule is COC(=O)COC(=O)c1ccccc1C1(Cl)CC(F)=C(N)S1. The zero-order valence-electron chi connectivity index (χ0n) is 11.6. The number of carbonyl (C=O) groups excluding carboxylic acids is 2. The summed E-state index contributed by atoms with van der Waals surface area (Å²) in [5.41, 5.74) is 6.07. The molecule has 0 radical (unpaired) electrons. The van der Waals surface area contributed by atoms with E-state index >= 15 is 0 Å². The summed E-state index contributed by atoms with van der Waals surface area (Å²) in [4.78, 5) is 23.1. The summed E-state index contributed by atoms with van der Waals surface area (Å²) >= 11 is 7.36. The van der Waals surface area contributed by atoms with E-state index in [2.05, 4.69) is 4.74 Å². The van der Waals surface area contributed by atoms with Gasteiger partial charge in [-0.2, -0.15) is 0 Å². The lowest BCUT2D eigenvalue weighted by molar-refractivity contribution is -0.144. The molecule has 2 N–H and O–H groups in total. The maximum Gasteiger partial charge on any atom is 0.344 e. The fourth-order valence-corrected chi connectivity index (χ4v) is 3.50. The highest BCUT2D eigenvalue weighted by Crippen LogP contribution is 2.55. The highest BCUT2D eigenvalue weighted by atomic mass is 35.5. The van der Waals surface area contributed by atoms with Gasteiger partial charge in [0.1, 0.15) is 10.0 Å². The van der Waals surface area contributed by atoms with Crippen LogP contribution in [-0.2, 0) is 18.5 Å². The van der Waals surface area contributed by atoms with E-state index in [0.717, 1.165) is 11.8 Å². The monoisotopic (exact) mass is 345 g/mol. The zero-order valence-corrected chi connectivity index (χ0v) is 13.2. The molecule has 0 aromatic heterocycles. The van der Waals surface area contributed by atoms with Gasteiger partial charge in [0.2, 0.25) is 0 Å². The lowest BCUT2D eigenvalue weighted by Crippen LogP contribution is -2.20. The van der Waals surface area contributed by atoms with Crippen molar-refractivity contribution in [2.24, 2.45) is 5.73 Å². The maximum atomic E-state index is 13.6. The van der Waals surface area contributed by atoms with Gasteiger partial charge in [0, 0.05) is 6.42 Å². The summed E-state index contributed by atoms with van der Waals surface area (Å²) in [6.07, 6.45) is -0.133. The van der Waals surface area contributed by atoms with E-state index in [-0.39, 0.29) is 17.0 Å². The summed E-state index contributed by atoms with van der Waals surface area (Å²) < 4.78 is 21.6. The van der Waals surface area contributed by atoms with Gasteiger partial charge in [-0.3, -0.25) is 0 Å². The molecule has 0 saturated heterocycles. The molecular weight excluding hydrogens is 333 g/mol. The Labute approximate surface area is 135 Å². The van der Waals surface area contributed by atoms with Crippen molar-refractivity contribution in [3.8, 4) is 0 Å². The lowest BCUT2D eigenvalue weighted by atomic mass is 10.0. The highest BCUT2D eigenvalue weighted by molar-refractivity contribution is 8.05. The Bertz CT molecular complexity index is 635. The van der Waals surface area contributed by atoms with Crippen LogP contribution in [-0.4, -0.2) is 25.7 Å². The van der Waals surface area contributed by atoms with E-state index in [1.165, 1.54) is 13.2 Å². The van der Waals surface area contributed by atoms with Crippen LogP contribution in [0.1, 0.15) is 22.3 Å². The van der Waals surface area contributed by atoms with E-state index in [1.54, 1.807) is 18.2 Å². The van der Waals surface area contributed by atoms with Crippen LogP contribution < -0.4 is 5.73 Å². The lowest BCUT2D eigenvalue weighted by Gasteiger charge is -2.23. The smallest absolute Gasteiger partial charge is 0.344 e. The third-order valence-corrected chi connectivity index (χ3v) is 4.72. The number of ether oxygens (including phenoxy) is 2. The van der Waals surface area contributed by atoms with E-state index in [9.17, 15) is 14.0 Å². The number of carbonyl (C=O) groups is 2. The molecule has 8 heteroatoms. The molecule has 0 fully saturated rings. The minimum atomic E-state index is -1.21. The molecule has 0 amide bonds. The number of hydrogen-bond acceptors (Lipinski definition) is 6. The van der Waals surface area contributed by atoms with E-state index in [0.29, 0.717) is 5.56 Å². The Morgan fingerprint density at radius 1 is 1.45 bits per heavy atom. The molecule has 1 aromatic rings. The van der Waals surface area contributed by atoms with Gasteiger partial charge in [0.05, 0.1) is 17.7 Å². The molecule has 1 atom stereocenters. The predicted molar refractivity (Wildman–Crippen MR) is 80.8 cm³/mol. The standard InChI is InChI=1S/C14H13ClFNO4S/c1-20-11(18)7-21-13(19)8-4-2-3-5-9(8)14(15)6-10(16)12(17)22-14/h2-5H,6-7,17H2,1H3. The van der Waals surface area contributed by atoms with Gasteiger partial charge >= 0.3 is 11.9 Å². The van der Waals surface area contributed by atoms with E-state index in [4.69, 9.17) is 22.1 Å². The molecule has 0 spiro atoms. The second-order valence-corrected chi connectivity index (χ2v) is 6.68. The van der Waals surface area contributed by atoms with Crippen molar-refractivity contribution in [2.45, 2.75) is 10.6 Å². The summed E-state index contributed by atoms with van der Waals surface area (Å²) in [6, 6.07) is 6.38. The molecule has 118 valence electrons. The zero-order chi connectivity index (χ0) is 16.3. The van der Waals surface area contributed by atoms with Gasteiger partial charge in [0.15, 0.2) is 6.61 Å². The number of hydrogen-bond donors (Lipinski definition) is 1. The number of allylic oxidation sites excluding steroid dienone is 1. The molecule has 0 aliphatic carbocycles. The van der Waals surface area contributed by atoms with E-state index < -0.39 is 28.6 Å². The van der Waals surface area contributed by atoms with Gasteiger partial charge < -0.3 is 15.2 Å². The summed E-state index contributed by atoms with van der Waals surface area (Å²) in [5, 5.41) is -0.00673. The van der Waals surface area contributed by atoms with Crippen molar-refractivity contribution in [1.29, 1.82) is 0 Å². The van der Waals surface area contributed by atoms with Crippen molar-refractivity contribution in [3.63, 3.8) is 0 Å². The number of nitrogens with two attached hydrogens (primary N) is 1. The van der Waals surface area contributed by atoms with Crippen LogP contribution in [0.2, 0.25) is 0 Å².